The molecule has 0 radical (unpaired) electrons. The first-order valence-electron chi connectivity index (χ1n) is 6.93. The predicted octanol–water partition coefficient (Wildman–Crippen LogP) is -0.847. The molecule has 2 heterocycles. The number of nitrogens with two attached hydrogens (primary N) is 1. The van der Waals surface area contributed by atoms with Crippen LogP contribution in [0.2, 0.25) is 0 Å². The van der Waals surface area contributed by atoms with Gasteiger partial charge in [-0.25, -0.2) is 0 Å². The molecule has 5 N–H and O–H groups in total. The van der Waals surface area contributed by atoms with Gasteiger partial charge in [0.1, 0.15) is 12.7 Å². The number of aromatic nitrogens is 4. The zero-order chi connectivity index (χ0) is 17.0. The minimum absolute atomic E-state index is 0.0191. The van der Waals surface area contributed by atoms with E-state index in [9.17, 15) is 9.66 Å². The SMILES string of the molecule is Cc1[nH]c(OCC(O)CN=c2[nH][s+]([O-])nc2N)nc1CN(C)C. The topological polar surface area (TPSA) is 152 Å². The van der Waals surface area contributed by atoms with Crippen LogP contribution in [0, 0.1) is 6.92 Å². The zero-order valence-electron chi connectivity index (χ0n) is 13.2. The molecule has 0 aliphatic rings. The maximum atomic E-state index is 11.1. The van der Waals surface area contributed by atoms with Gasteiger partial charge < -0.3 is 30.0 Å². The number of H-pyrrole nitrogens is 2. The second-order valence-electron chi connectivity index (χ2n) is 5.33. The second kappa shape index (κ2) is 7.55. The molecule has 2 rings (SSSR count). The Balaban J connectivity index is 1.88. The second-order valence-corrected chi connectivity index (χ2v) is 6.22. The molecule has 2 aromatic heterocycles. The third-order valence-electron chi connectivity index (χ3n) is 2.91. The molecule has 0 spiro atoms. The number of hydrogen-bond acceptors (Lipinski definition) is 8. The fourth-order valence-electron chi connectivity index (χ4n) is 1.82. The van der Waals surface area contributed by atoms with E-state index < -0.39 is 17.2 Å². The van der Waals surface area contributed by atoms with Crippen molar-refractivity contribution >= 4 is 17.0 Å². The maximum Gasteiger partial charge on any atom is 0.294 e. The standard InChI is InChI=1S/C12H21N7O3S/c1-7-9(5-19(2)3)16-12(15-7)22-6-8(20)4-14-11-10(13)17-23(21)18-11/h8,20H,4-6H2,1-3H3,(H2,13,17)(H,14,18)(H,15,16). The van der Waals surface area contributed by atoms with Gasteiger partial charge in [0.25, 0.3) is 6.01 Å². The van der Waals surface area contributed by atoms with Gasteiger partial charge in [-0.3, -0.25) is 4.99 Å². The Hall–Kier alpha value is -1.95. The summed E-state index contributed by atoms with van der Waals surface area (Å²) in [7, 11) is 3.91. The van der Waals surface area contributed by atoms with Gasteiger partial charge in [-0.2, -0.15) is 4.98 Å². The maximum absolute atomic E-state index is 11.1. The Labute approximate surface area is 136 Å². The Morgan fingerprint density at radius 2 is 2.26 bits per heavy atom. The lowest BCUT2D eigenvalue weighted by molar-refractivity contribution is 0.108. The summed E-state index contributed by atoms with van der Waals surface area (Å²) >= 11 is -1.59. The van der Waals surface area contributed by atoms with Crippen LogP contribution in [0.5, 0.6) is 6.01 Å². The molecule has 0 saturated heterocycles. The van der Waals surface area contributed by atoms with Crippen LogP contribution in [0.15, 0.2) is 4.99 Å². The van der Waals surface area contributed by atoms with Gasteiger partial charge in [0, 0.05) is 16.6 Å². The van der Waals surface area contributed by atoms with Gasteiger partial charge in [0.2, 0.25) is 11.3 Å². The van der Waals surface area contributed by atoms with Crippen molar-refractivity contribution in [1.29, 1.82) is 0 Å². The zero-order valence-corrected chi connectivity index (χ0v) is 14.1. The minimum atomic E-state index is -1.59. The van der Waals surface area contributed by atoms with E-state index in [0.29, 0.717) is 12.6 Å². The minimum Gasteiger partial charge on any atom is -0.548 e. The molecule has 10 nitrogen and oxygen atoms in total. The molecule has 0 aliphatic carbocycles. The molecule has 128 valence electrons. The number of anilines is 1. The number of hydrogen-bond donors (Lipinski definition) is 4. The Kier molecular flexibility index (Phi) is 5.71. The Morgan fingerprint density at radius 1 is 1.52 bits per heavy atom. The largest absolute Gasteiger partial charge is 0.548 e. The number of nitrogens with zero attached hydrogens (tertiary/aromatic N) is 4. The fourth-order valence-corrected chi connectivity index (χ4v) is 2.46. The van der Waals surface area contributed by atoms with E-state index in [1.807, 2.05) is 25.9 Å². The normalized spacial score (nSPS) is 14.5. The van der Waals surface area contributed by atoms with E-state index in [1.54, 1.807) is 0 Å². The molecule has 2 aromatic rings. The van der Waals surface area contributed by atoms with Crippen LogP contribution in [-0.2, 0) is 6.54 Å². The smallest absolute Gasteiger partial charge is 0.294 e. The van der Waals surface area contributed by atoms with Crippen molar-refractivity contribution in [3.63, 3.8) is 0 Å². The number of nitrogen functional groups attached to an aromatic ring is 1. The van der Waals surface area contributed by atoms with E-state index in [0.717, 1.165) is 11.4 Å². The number of aryl methyl sites for hydroxylation is 1. The van der Waals surface area contributed by atoms with E-state index in [1.165, 1.54) is 0 Å². The van der Waals surface area contributed by atoms with Crippen LogP contribution in [0.25, 0.3) is 0 Å². The molecule has 0 saturated carbocycles. The van der Waals surface area contributed by atoms with Crippen LogP contribution < -0.4 is 16.0 Å². The quantitative estimate of drug-likeness (QED) is 0.478. The molecule has 0 amide bonds. The Bertz CT molecular complexity index is 706. The van der Waals surface area contributed by atoms with Crippen molar-refractivity contribution in [3.05, 3.63) is 16.9 Å². The number of imidazole rings is 1. The molecule has 0 bridgehead atoms. The first-order valence-corrected chi connectivity index (χ1v) is 8.04. The van der Waals surface area contributed by atoms with Gasteiger partial charge in [-0.1, -0.05) is 0 Å². The van der Waals surface area contributed by atoms with Crippen molar-refractivity contribution in [2.45, 2.75) is 19.6 Å². The highest BCUT2D eigenvalue weighted by molar-refractivity contribution is 7.13. The number of ether oxygens (including phenoxy) is 1. The van der Waals surface area contributed by atoms with Crippen LogP contribution in [0.1, 0.15) is 11.4 Å². The summed E-state index contributed by atoms with van der Waals surface area (Å²) in [5.41, 5.74) is 7.54. The monoisotopic (exact) mass is 343 g/mol. The lowest BCUT2D eigenvalue weighted by Gasteiger charge is -2.07. The molecular weight excluding hydrogens is 322 g/mol. The molecule has 0 aromatic carbocycles. The molecule has 11 heteroatoms. The summed E-state index contributed by atoms with van der Waals surface area (Å²) in [6.07, 6.45) is -0.853. The summed E-state index contributed by atoms with van der Waals surface area (Å²) in [6.45, 7) is 2.67. The third kappa shape index (κ3) is 5.03. The molecule has 2 atom stereocenters. The third-order valence-corrected chi connectivity index (χ3v) is 3.64. The highest BCUT2D eigenvalue weighted by Gasteiger charge is 2.11. The Morgan fingerprint density at radius 3 is 2.87 bits per heavy atom. The first kappa shape index (κ1) is 17.4. The molecule has 2 unspecified atom stereocenters. The van der Waals surface area contributed by atoms with Crippen LogP contribution >= 0.6 is 11.1 Å². The van der Waals surface area contributed by atoms with Crippen molar-refractivity contribution in [3.8, 4) is 6.01 Å². The number of aliphatic hydroxyl groups is 1. The summed E-state index contributed by atoms with van der Waals surface area (Å²) in [6, 6.07) is 0.354. The summed E-state index contributed by atoms with van der Waals surface area (Å²) in [5.74, 6) is 0.0615. The molecule has 0 fully saturated rings. The first-order chi connectivity index (χ1) is 10.8. The van der Waals surface area contributed by atoms with Crippen molar-refractivity contribution in [2.75, 3.05) is 33.0 Å². The molecule has 23 heavy (non-hydrogen) atoms. The summed E-state index contributed by atoms with van der Waals surface area (Å²) < 4.78 is 22.6. The fraction of sp³-hybridized carbons (Fsp3) is 0.583. The summed E-state index contributed by atoms with van der Waals surface area (Å²) in [5, 5.41) is 9.88. The lowest BCUT2D eigenvalue weighted by atomic mass is 10.3. The van der Waals surface area contributed by atoms with Gasteiger partial charge >= 0.3 is 0 Å². The lowest BCUT2D eigenvalue weighted by Crippen LogP contribution is -2.23. The predicted molar refractivity (Wildman–Crippen MR) is 84.3 cm³/mol. The average molecular weight is 343 g/mol. The highest BCUT2D eigenvalue weighted by Crippen LogP contribution is 2.12. The van der Waals surface area contributed by atoms with Gasteiger partial charge in [-0.05, 0) is 21.0 Å². The number of nitrogens with one attached hydrogen (secondary N) is 2. The van der Waals surface area contributed by atoms with Crippen LogP contribution in [0.3, 0.4) is 0 Å². The highest BCUT2D eigenvalue weighted by atomic mass is 32.2. The van der Waals surface area contributed by atoms with Gasteiger partial charge in [0.05, 0.1) is 12.2 Å². The van der Waals surface area contributed by atoms with E-state index in [4.69, 9.17) is 10.5 Å². The van der Waals surface area contributed by atoms with Crippen molar-refractivity contribution in [1.82, 2.24) is 23.6 Å². The average Bonchev–Trinajstić information content (AvgIpc) is 2.96. The number of aromatic amines is 2. The number of aliphatic hydroxyl groups excluding tert-OH is 1. The van der Waals surface area contributed by atoms with Gasteiger partial charge in [-0.15, -0.1) is 4.37 Å². The van der Waals surface area contributed by atoms with E-state index in [-0.39, 0.29) is 24.5 Å². The van der Waals surface area contributed by atoms with Gasteiger partial charge in [0.15, 0.2) is 11.1 Å². The van der Waals surface area contributed by atoms with Crippen molar-refractivity contribution in [2.24, 2.45) is 4.99 Å². The molecule has 0 aliphatic heterocycles. The van der Waals surface area contributed by atoms with E-state index in [2.05, 4.69) is 23.7 Å². The van der Waals surface area contributed by atoms with Crippen LogP contribution in [0.4, 0.5) is 5.82 Å². The molecular formula is C12H21N7O3S. The van der Waals surface area contributed by atoms with Crippen LogP contribution in [-0.4, -0.2) is 66.6 Å². The van der Waals surface area contributed by atoms with Crippen molar-refractivity contribution < 1.29 is 14.4 Å². The number of rotatable bonds is 7. The van der Waals surface area contributed by atoms with E-state index >= 15 is 0 Å². The summed E-state index contributed by atoms with van der Waals surface area (Å²) in [4.78, 5) is 13.4.